The van der Waals surface area contributed by atoms with Gasteiger partial charge in [-0.1, -0.05) is 28.1 Å². The van der Waals surface area contributed by atoms with E-state index in [4.69, 9.17) is 9.47 Å². The van der Waals surface area contributed by atoms with Crippen LogP contribution in [-0.2, 0) is 14.3 Å². The zero-order valence-corrected chi connectivity index (χ0v) is 11.8. The van der Waals surface area contributed by atoms with Crippen molar-refractivity contribution in [2.24, 2.45) is 0 Å². The highest BCUT2D eigenvalue weighted by Gasteiger charge is 2.25. The van der Waals surface area contributed by atoms with Gasteiger partial charge in [0.2, 0.25) is 0 Å². The van der Waals surface area contributed by atoms with Crippen molar-refractivity contribution in [2.75, 3.05) is 13.7 Å². The molecule has 1 aromatic carbocycles. The van der Waals surface area contributed by atoms with Crippen LogP contribution in [-0.4, -0.2) is 25.8 Å². The van der Waals surface area contributed by atoms with Gasteiger partial charge in [-0.25, -0.2) is 4.79 Å². The molecule has 1 aromatic rings. The molecule has 1 atom stereocenters. The Morgan fingerprint density at radius 3 is 2.72 bits per heavy atom. The van der Waals surface area contributed by atoms with E-state index in [1.165, 1.54) is 7.11 Å². The van der Waals surface area contributed by atoms with Crippen molar-refractivity contribution in [1.29, 1.82) is 0 Å². The van der Waals surface area contributed by atoms with Crippen molar-refractivity contribution in [3.8, 4) is 0 Å². The molecule has 1 saturated heterocycles. The van der Waals surface area contributed by atoms with Gasteiger partial charge in [0.1, 0.15) is 0 Å². The highest BCUT2D eigenvalue weighted by molar-refractivity contribution is 9.10. The lowest BCUT2D eigenvalue weighted by molar-refractivity contribution is -0.137. The maximum absolute atomic E-state index is 11.8. The summed E-state index contributed by atoms with van der Waals surface area (Å²) in [4.78, 5) is 11.8. The van der Waals surface area contributed by atoms with Gasteiger partial charge in [-0.2, -0.15) is 0 Å². The van der Waals surface area contributed by atoms with Crippen molar-refractivity contribution >= 4 is 28.0 Å². The monoisotopic (exact) mass is 310 g/mol. The first kappa shape index (κ1) is 13.3. The number of rotatable bonds is 3. The summed E-state index contributed by atoms with van der Waals surface area (Å²) in [5.41, 5.74) is 1.56. The first-order valence-corrected chi connectivity index (χ1v) is 6.67. The number of methoxy groups -OCH3 is 1. The molecule has 0 radical (unpaired) electrons. The van der Waals surface area contributed by atoms with Crippen molar-refractivity contribution in [1.82, 2.24) is 0 Å². The number of esters is 1. The predicted molar refractivity (Wildman–Crippen MR) is 73.1 cm³/mol. The predicted octanol–water partition coefficient (Wildman–Crippen LogP) is 3.18. The molecule has 0 N–H and O–H groups in total. The molecule has 18 heavy (non-hydrogen) atoms. The molecule has 1 heterocycles. The number of ether oxygens (including phenoxy) is 2. The smallest absolute Gasteiger partial charge is 0.336 e. The second kappa shape index (κ2) is 6.16. The molecule has 4 heteroatoms. The minimum Gasteiger partial charge on any atom is -0.466 e. The van der Waals surface area contributed by atoms with Crippen LogP contribution in [0.1, 0.15) is 18.4 Å². The number of hydrogen-bond acceptors (Lipinski definition) is 3. The lowest BCUT2D eigenvalue weighted by atomic mass is 10.0. The SMILES string of the molecule is COC(=O)C(=Cc1ccc(Br)cc1)C1CCCO1. The topological polar surface area (TPSA) is 35.5 Å². The normalized spacial score (nSPS) is 19.9. The van der Waals surface area contributed by atoms with Crippen LogP contribution in [0.3, 0.4) is 0 Å². The zero-order valence-electron chi connectivity index (χ0n) is 10.2. The molecule has 1 unspecified atom stereocenters. The van der Waals surface area contributed by atoms with E-state index in [0.29, 0.717) is 12.2 Å². The van der Waals surface area contributed by atoms with E-state index in [0.717, 1.165) is 22.9 Å². The van der Waals surface area contributed by atoms with Gasteiger partial charge in [0, 0.05) is 11.1 Å². The number of halogens is 1. The summed E-state index contributed by atoms with van der Waals surface area (Å²) >= 11 is 3.38. The molecule has 0 spiro atoms. The van der Waals surface area contributed by atoms with Crippen molar-refractivity contribution < 1.29 is 14.3 Å². The molecule has 1 fully saturated rings. The Balaban J connectivity index is 2.27. The van der Waals surface area contributed by atoms with Crippen LogP contribution in [0.5, 0.6) is 0 Å². The van der Waals surface area contributed by atoms with Gasteiger partial charge in [0.25, 0.3) is 0 Å². The Morgan fingerprint density at radius 1 is 1.44 bits per heavy atom. The summed E-state index contributed by atoms with van der Waals surface area (Å²) in [6, 6.07) is 7.77. The average Bonchev–Trinajstić information content (AvgIpc) is 2.91. The van der Waals surface area contributed by atoms with Crippen molar-refractivity contribution in [3.63, 3.8) is 0 Å². The van der Waals surface area contributed by atoms with E-state index < -0.39 is 0 Å². The first-order valence-electron chi connectivity index (χ1n) is 5.88. The highest BCUT2D eigenvalue weighted by Crippen LogP contribution is 2.23. The van der Waals surface area contributed by atoms with E-state index in [9.17, 15) is 4.79 Å². The first-order chi connectivity index (χ1) is 8.70. The lowest BCUT2D eigenvalue weighted by Crippen LogP contribution is -2.18. The second-order valence-corrected chi connectivity index (χ2v) is 5.06. The van der Waals surface area contributed by atoms with Crippen LogP contribution in [0, 0.1) is 0 Å². The zero-order chi connectivity index (χ0) is 13.0. The number of carbonyl (C=O) groups excluding carboxylic acids is 1. The summed E-state index contributed by atoms with van der Waals surface area (Å²) in [6.07, 6.45) is 3.56. The van der Waals surface area contributed by atoms with Gasteiger partial charge in [0.05, 0.1) is 18.8 Å². The summed E-state index contributed by atoms with van der Waals surface area (Å²) < 4.78 is 11.4. The molecule has 0 bridgehead atoms. The Morgan fingerprint density at radius 2 is 2.17 bits per heavy atom. The Bertz CT molecular complexity index is 445. The Labute approximate surface area is 115 Å². The third-order valence-corrected chi connectivity index (χ3v) is 3.42. The van der Waals surface area contributed by atoms with Crippen LogP contribution in [0.15, 0.2) is 34.3 Å². The molecule has 3 nitrogen and oxygen atoms in total. The molecule has 0 aromatic heterocycles. The molecule has 96 valence electrons. The van der Waals surface area contributed by atoms with E-state index in [1.807, 2.05) is 30.3 Å². The van der Waals surface area contributed by atoms with Crippen molar-refractivity contribution in [2.45, 2.75) is 18.9 Å². The van der Waals surface area contributed by atoms with Crippen LogP contribution in [0.4, 0.5) is 0 Å². The minimum atomic E-state index is -0.315. The van der Waals surface area contributed by atoms with Crippen molar-refractivity contribution in [3.05, 3.63) is 39.9 Å². The molecular weight excluding hydrogens is 296 g/mol. The molecule has 1 aliphatic rings. The van der Waals surface area contributed by atoms with Gasteiger partial charge < -0.3 is 9.47 Å². The number of hydrogen-bond donors (Lipinski definition) is 0. The quantitative estimate of drug-likeness (QED) is 0.635. The summed E-state index contributed by atoms with van der Waals surface area (Å²) in [5.74, 6) is -0.315. The van der Waals surface area contributed by atoms with Crippen LogP contribution in [0.2, 0.25) is 0 Å². The summed E-state index contributed by atoms with van der Waals surface area (Å²) in [5, 5.41) is 0. The summed E-state index contributed by atoms with van der Waals surface area (Å²) in [6.45, 7) is 0.708. The fourth-order valence-corrected chi connectivity index (χ4v) is 2.23. The van der Waals surface area contributed by atoms with Gasteiger partial charge in [-0.05, 0) is 36.6 Å². The van der Waals surface area contributed by atoms with E-state index in [2.05, 4.69) is 15.9 Å². The molecule has 0 aliphatic carbocycles. The third-order valence-electron chi connectivity index (χ3n) is 2.89. The van der Waals surface area contributed by atoms with Gasteiger partial charge in [0.15, 0.2) is 0 Å². The van der Waals surface area contributed by atoms with E-state index >= 15 is 0 Å². The van der Waals surface area contributed by atoms with Gasteiger partial charge in [-0.15, -0.1) is 0 Å². The largest absolute Gasteiger partial charge is 0.466 e. The average molecular weight is 311 g/mol. The Kier molecular flexibility index (Phi) is 4.55. The standard InChI is InChI=1S/C14H15BrO3/c1-17-14(16)12(13-3-2-8-18-13)9-10-4-6-11(15)7-5-10/h4-7,9,13H,2-3,8H2,1H3. The highest BCUT2D eigenvalue weighted by atomic mass is 79.9. The molecule has 1 aliphatic heterocycles. The minimum absolute atomic E-state index is 0.138. The molecular formula is C14H15BrO3. The van der Waals surface area contributed by atoms with E-state index in [-0.39, 0.29) is 12.1 Å². The number of carbonyl (C=O) groups is 1. The molecule has 0 saturated carbocycles. The Hall–Kier alpha value is -1.13. The van der Waals surface area contributed by atoms with Gasteiger partial charge in [-0.3, -0.25) is 0 Å². The maximum Gasteiger partial charge on any atom is 0.336 e. The van der Waals surface area contributed by atoms with Crippen LogP contribution >= 0.6 is 15.9 Å². The van der Waals surface area contributed by atoms with Crippen LogP contribution in [0.25, 0.3) is 6.08 Å². The maximum atomic E-state index is 11.8. The van der Waals surface area contributed by atoms with Crippen LogP contribution < -0.4 is 0 Å². The molecule has 0 amide bonds. The number of benzene rings is 1. The fourth-order valence-electron chi connectivity index (χ4n) is 1.96. The van der Waals surface area contributed by atoms with E-state index in [1.54, 1.807) is 0 Å². The lowest BCUT2D eigenvalue weighted by Gasteiger charge is -2.12. The van der Waals surface area contributed by atoms with Gasteiger partial charge >= 0.3 is 5.97 Å². The second-order valence-electron chi connectivity index (χ2n) is 4.14. The third kappa shape index (κ3) is 3.21. The molecule has 2 rings (SSSR count). The fraction of sp³-hybridized carbons (Fsp3) is 0.357. The summed E-state index contributed by atoms with van der Waals surface area (Å²) in [7, 11) is 1.40.